The predicted octanol–water partition coefficient (Wildman–Crippen LogP) is 3.73. The Labute approximate surface area is 205 Å². The molecule has 1 saturated carbocycles. The Balaban J connectivity index is 1.61. The fourth-order valence-corrected chi connectivity index (χ4v) is 6.62. The van der Waals surface area contributed by atoms with E-state index in [0.717, 1.165) is 42.0 Å². The van der Waals surface area contributed by atoms with Crippen LogP contribution in [0.25, 0.3) is 0 Å². The first-order valence-corrected chi connectivity index (χ1v) is 14.0. The van der Waals surface area contributed by atoms with Crippen molar-refractivity contribution in [3.63, 3.8) is 0 Å². The summed E-state index contributed by atoms with van der Waals surface area (Å²) < 4.78 is 71.7. The number of ether oxygens (including phenoxy) is 1. The van der Waals surface area contributed by atoms with Crippen LogP contribution in [0.5, 0.6) is 0 Å². The molecule has 1 aliphatic carbocycles. The number of anilines is 1. The van der Waals surface area contributed by atoms with E-state index in [1.807, 2.05) is 13.8 Å². The highest BCUT2D eigenvalue weighted by atomic mass is 32.2. The molecule has 0 spiro atoms. The van der Waals surface area contributed by atoms with Gasteiger partial charge in [0.05, 0.1) is 22.9 Å². The third-order valence-corrected chi connectivity index (χ3v) is 8.91. The molecule has 7 nitrogen and oxygen atoms in total. The number of alkyl halides is 3. The summed E-state index contributed by atoms with van der Waals surface area (Å²) in [5.74, 6) is -0.202. The monoisotopic (exact) mass is 517 g/mol. The number of halogens is 3. The van der Waals surface area contributed by atoms with Crippen LogP contribution in [0.15, 0.2) is 18.2 Å². The average molecular weight is 518 g/mol. The molecule has 0 aromatic heterocycles. The van der Waals surface area contributed by atoms with Crippen LogP contribution in [0, 0.1) is 11.3 Å². The number of amides is 1. The van der Waals surface area contributed by atoms with Gasteiger partial charge in [-0.05, 0) is 61.8 Å². The van der Waals surface area contributed by atoms with Gasteiger partial charge < -0.3 is 15.0 Å². The minimum atomic E-state index is -4.56. The molecule has 0 bridgehead atoms. The van der Waals surface area contributed by atoms with Crippen LogP contribution in [-0.4, -0.2) is 57.4 Å². The molecule has 11 heteroatoms. The first kappa shape index (κ1) is 26.2. The summed E-state index contributed by atoms with van der Waals surface area (Å²) in [6.45, 7) is 5.14. The lowest BCUT2D eigenvalue weighted by molar-refractivity contribution is -0.145. The lowest BCUT2D eigenvalue weighted by Crippen LogP contribution is -2.53. The highest BCUT2D eigenvalue weighted by Gasteiger charge is 2.50. The zero-order chi connectivity index (χ0) is 25.6. The number of carbonyl (C=O) groups is 1. The van der Waals surface area contributed by atoms with Crippen molar-refractivity contribution in [2.24, 2.45) is 11.3 Å². The number of benzene rings is 1. The predicted molar refractivity (Wildman–Crippen MR) is 126 cm³/mol. The van der Waals surface area contributed by atoms with Crippen LogP contribution >= 0.6 is 0 Å². The van der Waals surface area contributed by atoms with Gasteiger partial charge in [-0.15, -0.1) is 0 Å². The zero-order valence-corrected chi connectivity index (χ0v) is 21.2. The number of nitrogens with one attached hydrogen (secondary N) is 1. The zero-order valence-electron chi connectivity index (χ0n) is 20.4. The Morgan fingerprint density at radius 1 is 1.17 bits per heavy atom. The van der Waals surface area contributed by atoms with Crippen LogP contribution in [0.1, 0.15) is 57.1 Å². The Kier molecular flexibility index (Phi) is 7.16. The first-order chi connectivity index (χ1) is 16.3. The molecule has 4 rings (SSSR count). The van der Waals surface area contributed by atoms with Gasteiger partial charge in [-0.1, -0.05) is 13.8 Å². The molecule has 196 valence electrons. The molecule has 35 heavy (non-hydrogen) atoms. The van der Waals surface area contributed by atoms with Crippen molar-refractivity contribution in [1.29, 1.82) is 0 Å². The summed E-state index contributed by atoms with van der Waals surface area (Å²) >= 11 is 0. The summed E-state index contributed by atoms with van der Waals surface area (Å²) in [5.41, 5.74) is -1.20. The highest BCUT2D eigenvalue weighted by molar-refractivity contribution is 7.92. The van der Waals surface area contributed by atoms with Gasteiger partial charge in [0.25, 0.3) is 0 Å². The van der Waals surface area contributed by atoms with E-state index in [2.05, 4.69) is 5.32 Å². The maximum atomic E-state index is 14.0. The molecule has 0 radical (unpaired) electrons. The largest absolute Gasteiger partial charge is 0.416 e. The Bertz CT molecular complexity index is 1060. The van der Waals surface area contributed by atoms with Gasteiger partial charge in [-0.25, -0.2) is 8.42 Å². The summed E-state index contributed by atoms with van der Waals surface area (Å²) in [7, 11) is -3.81. The number of hydrogen-bond donors (Lipinski definition) is 1. The fourth-order valence-electron chi connectivity index (χ4n) is 5.73. The Morgan fingerprint density at radius 3 is 2.46 bits per heavy atom. The average Bonchev–Trinajstić information content (AvgIpc) is 3.22. The van der Waals surface area contributed by atoms with Crippen molar-refractivity contribution in [2.45, 2.75) is 70.8 Å². The minimum absolute atomic E-state index is 0.00826. The molecule has 1 aromatic rings. The maximum Gasteiger partial charge on any atom is 0.416 e. The number of hydrogen-bond acceptors (Lipinski definition) is 5. The molecule has 1 aromatic carbocycles. The molecule has 1 amide bonds. The molecule has 1 saturated heterocycles. The molecular weight excluding hydrogens is 483 g/mol. The van der Waals surface area contributed by atoms with Gasteiger partial charge in [0.15, 0.2) is 0 Å². The van der Waals surface area contributed by atoms with E-state index in [0.29, 0.717) is 32.1 Å². The van der Waals surface area contributed by atoms with Crippen molar-refractivity contribution in [3.8, 4) is 0 Å². The van der Waals surface area contributed by atoms with Crippen LogP contribution in [-0.2, 0) is 32.3 Å². The Hall–Kier alpha value is -1.85. The van der Waals surface area contributed by atoms with Crippen molar-refractivity contribution in [3.05, 3.63) is 29.3 Å². The lowest BCUT2D eigenvalue weighted by atomic mass is 9.74. The summed E-state index contributed by atoms with van der Waals surface area (Å²) in [5, 5.41) is 3.68. The molecule has 2 aliphatic heterocycles. The van der Waals surface area contributed by atoms with Crippen LogP contribution < -0.4 is 9.62 Å². The third kappa shape index (κ3) is 5.32. The molecule has 0 unspecified atom stereocenters. The third-order valence-electron chi connectivity index (χ3n) is 7.80. The number of rotatable bonds is 5. The molecule has 2 heterocycles. The summed E-state index contributed by atoms with van der Waals surface area (Å²) in [6, 6.07) is 3.52. The van der Waals surface area contributed by atoms with Crippen molar-refractivity contribution in [2.75, 3.05) is 30.4 Å². The van der Waals surface area contributed by atoms with E-state index < -0.39 is 27.2 Å². The van der Waals surface area contributed by atoms with E-state index >= 15 is 0 Å². The standard InChI is InChI=1S/C24H34F3N3O4S/c1-16(2)23(9-6-20(13-23)28-19-7-10-34-11-8-19)22(31)29-14-17-12-18(24(25,26)27)4-5-21(17)30(15-29)35(3,32)33/h4-5,12,16,19-20,28H,6-11,13-15H2,1-3H3/t20-,23+/m0/s1. The number of nitrogens with zero attached hydrogens (tertiary/aromatic N) is 2. The highest BCUT2D eigenvalue weighted by Crippen LogP contribution is 2.47. The molecule has 1 N–H and O–H groups in total. The second kappa shape index (κ2) is 9.55. The maximum absolute atomic E-state index is 14.0. The van der Waals surface area contributed by atoms with E-state index in [4.69, 9.17) is 4.74 Å². The topological polar surface area (TPSA) is 79.0 Å². The number of fused-ring (bicyclic) bond motifs is 1. The summed E-state index contributed by atoms with van der Waals surface area (Å²) in [6.07, 6.45) is 0.370. The fraction of sp³-hybridized carbons (Fsp3) is 0.708. The van der Waals surface area contributed by atoms with E-state index in [1.165, 1.54) is 11.0 Å². The van der Waals surface area contributed by atoms with Gasteiger partial charge in [-0.2, -0.15) is 13.2 Å². The van der Waals surface area contributed by atoms with Gasteiger partial charge in [0, 0.05) is 31.8 Å². The van der Waals surface area contributed by atoms with Gasteiger partial charge in [0.2, 0.25) is 15.9 Å². The summed E-state index contributed by atoms with van der Waals surface area (Å²) in [4.78, 5) is 15.4. The van der Waals surface area contributed by atoms with Gasteiger partial charge >= 0.3 is 6.18 Å². The SMILES string of the molecule is CC(C)[C@@]1(C(=O)N2Cc3cc(C(F)(F)F)ccc3N(S(C)(=O)=O)C2)CC[C@H](NC2CCOCC2)C1. The number of sulfonamides is 1. The molecule has 3 aliphatic rings. The van der Waals surface area contributed by atoms with Crippen LogP contribution in [0.3, 0.4) is 0 Å². The first-order valence-electron chi connectivity index (χ1n) is 12.1. The minimum Gasteiger partial charge on any atom is -0.381 e. The van der Waals surface area contributed by atoms with Gasteiger partial charge in [0.1, 0.15) is 6.67 Å². The van der Waals surface area contributed by atoms with Crippen LogP contribution in [0.4, 0.5) is 18.9 Å². The van der Waals surface area contributed by atoms with E-state index in [1.54, 1.807) is 0 Å². The van der Waals surface area contributed by atoms with Crippen molar-refractivity contribution < 1.29 is 31.1 Å². The van der Waals surface area contributed by atoms with Crippen LogP contribution in [0.2, 0.25) is 0 Å². The second-order valence-corrected chi connectivity index (χ2v) is 12.3. The van der Waals surface area contributed by atoms with E-state index in [9.17, 15) is 26.4 Å². The lowest BCUT2D eigenvalue weighted by Gasteiger charge is -2.43. The molecular formula is C24H34F3N3O4S. The number of carbonyl (C=O) groups excluding carboxylic acids is 1. The quantitative estimate of drug-likeness (QED) is 0.644. The smallest absolute Gasteiger partial charge is 0.381 e. The molecule has 2 fully saturated rings. The van der Waals surface area contributed by atoms with Crippen molar-refractivity contribution >= 4 is 21.6 Å². The van der Waals surface area contributed by atoms with E-state index in [-0.39, 0.29) is 42.3 Å². The van der Waals surface area contributed by atoms with Gasteiger partial charge in [-0.3, -0.25) is 9.10 Å². The molecule has 2 atom stereocenters. The second-order valence-electron chi connectivity index (χ2n) is 10.4. The normalized spacial score (nSPS) is 26.3. The van der Waals surface area contributed by atoms with Crippen molar-refractivity contribution in [1.82, 2.24) is 10.2 Å². The Morgan fingerprint density at radius 2 is 1.86 bits per heavy atom.